The highest BCUT2D eigenvalue weighted by Crippen LogP contribution is 2.57. The number of para-hydroxylation sites is 1. The van der Waals surface area contributed by atoms with E-state index in [4.69, 9.17) is 15.0 Å². The highest BCUT2D eigenvalue weighted by Gasteiger charge is 2.46. The topological polar surface area (TPSA) is 38.7 Å². The summed E-state index contributed by atoms with van der Waals surface area (Å²) in [6.07, 6.45) is 0. The molecule has 63 heavy (non-hydrogen) atoms. The largest absolute Gasteiger partial charge is 0.247 e. The zero-order chi connectivity index (χ0) is 41.7. The third-order valence-electron chi connectivity index (χ3n) is 12.8. The number of nitrogens with zero attached hydrogens (tertiary/aromatic N) is 3. The van der Waals surface area contributed by atoms with Crippen molar-refractivity contribution in [2.75, 3.05) is 0 Å². The monoisotopic (exact) mass is 801 g/mol. The second kappa shape index (κ2) is 15.0. The summed E-state index contributed by atoms with van der Waals surface area (Å²) in [5, 5.41) is 3.47. The lowest BCUT2D eigenvalue weighted by Crippen LogP contribution is -2.28. The molecule has 0 N–H and O–H groups in total. The highest BCUT2D eigenvalue weighted by molar-refractivity contribution is 6.13. The summed E-state index contributed by atoms with van der Waals surface area (Å²) in [6, 6.07) is 84.6. The van der Waals surface area contributed by atoms with Crippen LogP contribution in [0.4, 0.5) is 0 Å². The third-order valence-corrected chi connectivity index (χ3v) is 12.8. The van der Waals surface area contributed by atoms with Gasteiger partial charge >= 0.3 is 0 Å². The second-order valence-corrected chi connectivity index (χ2v) is 16.3. The minimum absolute atomic E-state index is 0.490. The maximum Gasteiger partial charge on any atom is 0.160 e. The van der Waals surface area contributed by atoms with Crippen molar-refractivity contribution < 1.29 is 0 Å². The zero-order valence-corrected chi connectivity index (χ0v) is 34.4. The SMILES string of the molecule is c1ccc(-c2cc(-c3ccccc3)nc(-c3ccc(-c4cccc(-c5nc6ccccc6c6cc7c(cc56)-c5ccccc5C7(c5ccccc5)c5ccccc5)c4)cc3)n2)cc1. The molecule has 0 saturated heterocycles. The molecule has 1 aliphatic carbocycles. The van der Waals surface area contributed by atoms with Gasteiger partial charge in [0.05, 0.1) is 28.0 Å². The van der Waals surface area contributed by atoms with Crippen LogP contribution >= 0.6 is 0 Å². The minimum atomic E-state index is -0.490. The van der Waals surface area contributed by atoms with Crippen molar-refractivity contribution in [1.29, 1.82) is 0 Å². The van der Waals surface area contributed by atoms with E-state index in [-0.39, 0.29) is 0 Å². The van der Waals surface area contributed by atoms with Gasteiger partial charge in [0.1, 0.15) is 0 Å². The zero-order valence-electron chi connectivity index (χ0n) is 34.4. The van der Waals surface area contributed by atoms with Gasteiger partial charge in [-0.2, -0.15) is 0 Å². The molecular formula is C60H39N3. The third kappa shape index (κ3) is 6.08. The van der Waals surface area contributed by atoms with E-state index in [1.165, 1.54) is 38.8 Å². The van der Waals surface area contributed by atoms with Gasteiger partial charge in [-0.05, 0) is 80.2 Å². The summed E-state index contributed by atoms with van der Waals surface area (Å²) < 4.78 is 0. The first kappa shape index (κ1) is 36.6. The first-order valence-electron chi connectivity index (χ1n) is 21.5. The number of benzene rings is 9. The molecule has 9 aromatic carbocycles. The van der Waals surface area contributed by atoms with E-state index in [0.29, 0.717) is 5.82 Å². The highest BCUT2D eigenvalue weighted by atomic mass is 14.9. The fourth-order valence-corrected chi connectivity index (χ4v) is 9.85. The number of rotatable bonds is 7. The van der Waals surface area contributed by atoms with E-state index in [2.05, 4.69) is 200 Å². The van der Waals surface area contributed by atoms with Crippen LogP contribution in [0.1, 0.15) is 22.3 Å². The van der Waals surface area contributed by atoms with E-state index >= 15 is 0 Å². The molecule has 0 radical (unpaired) electrons. The van der Waals surface area contributed by atoms with Gasteiger partial charge in [0, 0.05) is 33.0 Å². The molecule has 2 aromatic heterocycles. The molecule has 0 fully saturated rings. The summed E-state index contributed by atoms with van der Waals surface area (Å²) in [5.74, 6) is 0.694. The summed E-state index contributed by atoms with van der Waals surface area (Å²) in [5.41, 5.74) is 17.2. The summed E-state index contributed by atoms with van der Waals surface area (Å²) >= 11 is 0. The van der Waals surface area contributed by atoms with Gasteiger partial charge in [0.15, 0.2) is 5.82 Å². The fourth-order valence-electron chi connectivity index (χ4n) is 9.85. The molecule has 3 nitrogen and oxygen atoms in total. The second-order valence-electron chi connectivity index (χ2n) is 16.3. The Morgan fingerprint density at radius 3 is 1.49 bits per heavy atom. The first-order chi connectivity index (χ1) is 31.2. The molecule has 0 unspecified atom stereocenters. The molecular weight excluding hydrogens is 763 g/mol. The summed E-state index contributed by atoms with van der Waals surface area (Å²) in [7, 11) is 0. The Kier molecular flexibility index (Phi) is 8.72. The molecule has 2 heterocycles. The molecule has 294 valence electrons. The lowest BCUT2D eigenvalue weighted by Gasteiger charge is -2.34. The van der Waals surface area contributed by atoms with Gasteiger partial charge in [-0.3, -0.25) is 0 Å². The van der Waals surface area contributed by atoms with Gasteiger partial charge in [-0.1, -0.05) is 206 Å². The van der Waals surface area contributed by atoms with Crippen molar-refractivity contribution in [2.45, 2.75) is 5.41 Å². The average Bonchev–Trinajstić information content (AvgIpc) is 3.66. The molecule has 12 rings (SSSR count). The summed E-state index contributed by atoms with van der Waals surface area (Å²) in [4.78, 5) is 15.6. The lowest BCUT2D eigenvalue weighted by atomic mass is 9.67. The predicted octanol–water partition coefficient (Wildman–Crippen LogP) is 14.9. The number of hydrogen-bond donors (Lipinski definition) is 0. The number of hydrogen-bond acceptors (Lipinski definition) is 3. The molecule has 0 spiro atoms. The molecule has 3 heteroatoms. The van der Waals surface area contributed by atoms with Gasteiger partial charge in [-0.25, -0.2) is 15.0 Å². The molecule has 0 saturated carbocycles. The minimum Gasteiger partial charge on any atom is -0.247 e. The molecule has 11 aromatic rings. The van der Waals surface area contributed by atoms with Gasteiger partial charge in [0.25, 0.3) is 0 Å². The molecule has 0 atom stereocenters. The first-order valence-corrected chi connectivity index (χ1v) is 21.5. The smallest absolute Gasteiger partial charge is 0.160 e. The predicted molar refractivity (Wildman–Crippen MR) is 259 cm³/mol. The van der Waals surface area contributed by atoms with Gasteiger partial charge in [-0.15, -0.1) is 0 Å². The van der Waals surface area contributed by atoms with Gasteiger partial charge in [0.2, 0.25) is 0 Å². The Morgan fingerprint density at radius 1 is 0.286 bits per heavy atom. The molecule has 0 aliphatic heterocycles. The van der Waals surface area contributed by atoms with Crippen LogP contribution in [0, 0.1) is 0 Å². The summed E-state index contributed by atoms with van der Waals surface area (Å²) in [6.45, 7) is 0. The molecule has 0 bridgehead atoms. The molecule has 1 aliphatic rings. The van der Waals surface area contributed by atoms with Crippen LogP contribution in [-0.2, 0) is 5.41 Å². The van der Waals surface area contributed by atoms with Crippen LogP contribution in [0.25, 0.3) is 89.1 Å². The fraction of sp³-hybridized carbons (Fsp3) is 0.0167. The standard InChI is InChI=1S/C60H39N3/c1-5-18-41(19-6-1)56-39-57(42-20-7-2-8-21-42)63-59(62-56)43-34-32-40(33-35-43)44-22-17-23-45(36-44)58-52-37-51-48-28-13-15-30-53(48)60(46-24-9-3-10-25-46,47-26-11-4-12-27-47)54(51)38-50(52)49-29-14-16-31-55(49)61-58/h1-39H. The Labute approximate surface area is 366 Å². The van der Waals surface area contributed by atoms with Crippen molar-refractivity contribution in [2.24, 2.45) is 0 Å². The maximum absolute atomic E-state index is 5.45. The number of aromatic nitrogens is 3. The Bertz CT molecular complexity index is 3380. The van der Waals surface area contributed by atoms with E-state index in [9.17, 15) is 0 Å². The lowest BCUT2D eigenvalue weighted by molar-refractivity contribution is 0.769. The Hall–Kier alpha value is -8.27. The van der Waals surface area contributed by atoms with Crippen molar-refractivity contribution in [3.8, 4) is 67.4 Å². The van der Waals surface area contributed by atoms with Gasteiger partial charge < -0.3 is 0 Å². The van der Waals surface area contributed by atoms with Crippen LogP contribution in [0.3, 0.4) is 0 Å². The van der Waals surface area contributed by atoms with Crippen LogP contribution in [0.15, 0.2) is 237 Å². The van der Waals surface area contributed by atoms with E-state index < -0.39 is 5.41 Å². The van der Waals surface area contributed by atoms with Crippen LogP contribution in [0.5, 0.6) is 0 Å². The average molecular weight is 802 g/mol. The van der Waals surface area contributed by atoms with Crippen molar-refractivity contribution in [1.82, 2.24) is 15.0 Å². The molecule has 0 amide bonds. The van der Waals surface area contributed by atoms with Crippen LogP contribution in [0.2, 0.25) is 0 Å². The van der Waals surface area contributed by atoms with Crippen molar-refractivity contribution >= 4 is 21.7 Å². The van der Waals surface area contributed by atoms with Crippen molar-refractivity contribution in [3.05, 3.63) is 259 Å². The van der Waals surface area contributed by atoms with E-state index in [0.717, 1.165) is 66.8 Å². The number of pyridine rings is 1. The number of fused-ring (bicyclic) bond motifs is 6. The maximum atomic E-state index is 5.45. The van der Waals surface area contributed by atoms with E-state index in [1.807, 2.05) is 36.4 Å². The Balaban J connectivity index is 0.999. The Morgan fingerprint density at radius 2 is 0.825 bits per heavy atom. The van der Waals surface area contributed by atoms with Crippen LogP contribution in [-0.4, -0.2) is 15.0 Å². The normalized spacial score (nSPS) is 12.6. The van der Waals surface area contributed by atoms with Crippen molar-refractivity contribution in [3.63, 3.8) is 0 Å². The van der Waals surface area contributed by atoms with E-state index in [1.54, 1.807) is 0 Å². The quantitative estimate of drug-likeness (QED) is 0.151. The van der Waals surface area contributed by atoms with Crippen LogP contribution < -0.4 is 0 Å².